The molecule has 5 nitrogen and oxygen atoms in total. The Bertz CT molecular complexity index is 961. The van der Waals surface area contributed by atoms with Crippen molar-refractivity contribution < 1.29 is 14.3 Å². The molecule has 0 radical (unpaired) electrons. The second-order valence-corrected chi connectivity index (χ2v) is 9.65. The summed E-state index contributed by atoms with van der Waals surface area (Å²) in [5.41, 5.74) is 2.93. The Kier molecular flexibility index (Phi) is 6.47. The topological polar surface area (TPSA) is 60.5 Å². The molecule has 0 aromatic carbocycles. The third kappa shape index (κ3) is 6.11. The zero-order valence-corrected chi connectivity index (χ0v) is 18.5. The second kappa shape index (κ2) is 9.25. The van der Waals surface area contributed by atoms with Gasteiger partial charge in [-0.25, -0.2) is 4.98 Å². The number of hydrogen-bond donors (Lipinski definition) is 1. The van der Waals surface area contributed by atoms with E-state index in [-0.39, 0.29) is 11.3 Å². The molecule has 0 aliphatic heterocycles. The maximum absolute atomic E-state index is 11.9. The zero-order valence-electron chi connectivity index (χ0n) is 16.9. The molecule has 30 heavy (non-hydrogen) atoms. The van der Waals surface area contributed by atoms with Gasteiger partial charge < -0.3 is 14.8 Å². The number of carbonyl (C=O) groups is 1. The van der Waals surface area contributed by atoms with Crippen LogP contribution in [-0.2, 0) is 9.53 Å². The predicted octanol–water partition coefficient (Wildman–Crippen LogP) is 5.33. The lowest BCUT2D eigenvalue weighted by Gasteiger charge is -2.06. The summed E-state index contributed by atoms with van der Waals surface area (Å²) in [6.45, 7) is 3.21. The lowest BCUT2D eigenvalue weighted by Crippen LogP contribution is -2.30. The van der Waals surface area contributed by atoms with E-state index in [0.717, 1.165) is 35.8 Å². The van der Waals surface area contributed by atoms with Crippen molar-refractivity contribution in [2.24, 2.45) is 11.3 Å². The zero-order chi connectivity index (χ0) is 21.0. The van der Waals surface area contributed by atoms with Gasteiger partial charge in [0, 0.05) is 29.6 Å². The Balaban J connectivity index is 1.28. The van der Waals surface area contributed by atoms with Crippen molar-refractivity contribution in [3.8, 4) is 5.19 Å². The molecule has 1 N–H and O–H groups in total. The molecule has 0 unspecified atom stereocenters. The maximum Gasteiger partial charge on any atom is 0.278 e. The molecule has 158 valence electrons. The van der Waals surface area contributed by atoms with Crippen LogP contribution < -0.4 is 10.1 Å². The summed E-state index contributed by atoms with van der Waals surface area (Å²) in [7, 11) is 0. The minimum absolute atomic E-state index is 0.119. The maximum atomic E-state index is 11.9. The van der Waals surface area contributed by atoms with Crippen molar-refractivity contribution in [3.63, 3.8) is 0 Å². The molecule has 0 saturated heterocycles. The third-order valence-electron chi connectivity index (χ3n) is 5.24. The standard InChI is InChI=1S/C23H25ClN2O3S/c1-23(9-10-23)21(27)25-11-3-2-4-20-14-26-22(30-20)29-19-8-7-18(12-17(24)13-19)28-15-16-5-6-16/h3-4,7-8,12,14,16H,5-6,9-11,13,15H2,1H3,(H,25,27). The van der Waals surface area contributed by atoms with Crippen LogP contribution in [0.25, 0.3) is 6.08 Å². The molecule has 0 spiro atoms. The normalized spacial score (nSPS) is 19.3. The van der Waals surface area contributed by atoms with E-state index < -0.39 is 0 Å². The van der Waals surface area contributed by atoms with Crippen LogP contribution in [-0.4, -0.2) is 24.0 Å². The Morgan fingerprint density at radius 3 is 3.03 bits per heavy atom. The lowest BCUT2D eigenvalue weighted by atomic mass is 10.1. The quantitative estimate of drug-likeness (QED) is 0.523. The van der Waals surface area contributed by atoms with Crippen molar-refractivity contribution in [1.29, 1.82) is 0 Å². The number of ether oxygens (including phenoxy) is 2. The van der Waals surface area contributed by atoms with Crippen LogP contribution in [0.1, 0.15) is 43.9 Å². The number of nitrogens with one attached hydrogen (secondary N) is 1. The highest BCUT2D eigenvalue weighted by molar-refractivity contribution is 7.14. The number of hydrogen-bond acceptors (Lipinski definition) is 5. The van der Waals surface area contributed by atoms with Gasteiger partial charge >= 0.3 is 0 Å². The minimum atomic E-state index is -0.147. The summed E-state index contributed by atoms with van der Waals surface area (Å²) in [4.78, 5) is 17.1. The Morgan fingerprint density at radius 1 is 1.43 bits per heavy atom. The largest absolute Gasteiger partial charge is 0.493 e. The van der Waals surface area contributed by atoms with Gasteiger partial charge in [0.1, 0.15) is 11.5 Å². The van der Waals surface area contributed by atoms with E-state index in [1.54, 1.807) is 12.3 Å². The molecule has 7 heteroatoms. The monoisotopic (exact) mass is 444 g/mol. The van der Waals surface area contributed by atoms with Crippen LogP contribution >= 0.6 is 22.9 Å². The Hall–Kier alpha value is -2.27. The van der Waals surface area contributed by atoms with Gasteiger partial charge in [-0.05, 0) is 62.0 Å². The fourth-order valence-corrected chi connectivity index (χ4v) is 3.71. The number of allylic oxidation sites excluding steroid dienone is 4. The van der Waals surface area contributed by atoms with Crippen molar-refractivity contribution in [1.82, 2.24) is 10.3 Å². The molecule has 3 aliphatic rings. The van der Waals surface area contributed by atoms with Gasteiger partial charge in [-0.15, -0.1) is 5.73 Å². The number of rotatable bonds is 9. The van der Waals surface area contributed by atoms with Crippen LogP contribution in [0.2, 0.25) is 0 Å². The van der Waals surface area contributed by atoms with Gasteiger partial charge in [0.05, 0.1) is 11.5 Å². The molecule has 2 saturated carbocycles. The van der Waals surface area contributed by atoms with E-state index in [1.807, 2.05) is 31.2 Å². The molecule has 0 bridgehead atoms. The van der Waals surface area contributed by atoms with Crippen molar-refractivity contribution in [2.75, 3.05) is 13.2 Å². The first-order valence-electron chi connectivity index (χ1n) is 10.2. The highest BCUT2D eigenvalue weighted by Gasteiger charge is 2.44. The highest BCUT2D eigenvalue weighted by atomic mass is 35.5. The number of carbonyl (C=O) groups excluding carboxylic acids is 1. The first kappa shape index (κ1) is 21.0. The SMILES string of the molecule is CC1(C(=O)NCC=C=Cc2cnc(OC3=CC=C(OCC4CC4)C=C(Cl)C3)s2)CC1. The van der Waals surface area contributed by atoms with E-state index in [0.29, 0.717) is 29.1 Å². The third-order valence-corrected chi connectivity index (χ3v) is 6.30. The van der Waals surface area contributed by atoms with E-state index >= 15 is 0 Å². The van der Waals surface area contributed by atoms with Crippen LogP contribution in [0.5, 0.6) is 5.19 Å². The van der Waals surface area contributed by atoms with Gasteiger partial charge in [0.15, 0.2) is 0 Å². The van der Waals surface area contributed by atoms with Gasteiger partial charge in [0.25, 0.3) is 5.19 Å². The molecular formula is C23H25ClN2O3S. The molecule has 1 aromatic rings. The van der Waals surface area contributed by atoms with Crippen molar-refractivity contribution in [2.45, 2.75) is 39.0 Å². The predicted molar refractivity (Wildman–Crippen MR) is 119 cm³/mol. The molecule has 2 fully saturated rings. The van der Waals surface area contributed by atoms with E-state index in [4.69, 9.17) is 21.1 Å². The first-order chi connectivity index (χ1) is 14.5. The molecule has 1 amide bonds. The van der Waals surface area contributed by atoms with Crippen LogP contribution in [0, 0.1) is 11.3 Å². The molecule has 3 aliphatic carbocycles. The number of halogens is 1. The highest BCUT2D eigenvalue weighted by Crippen LogP contribution is 2.44. The summed E-state index contributed by atoms with van der Waals surface area (Å²) >= 11 is 7.74. The Morgan fingerprint density at radius 2 is 2.27 bits per heavy atom. The van der Waals surface area contributed by atoms with Gasteiger partial charge in [-0.3, -0.25) is 4.79 Å². The van der Waals surface area contributed by atoms with Gasteiger partial charge in [-0.1, -0.05) is 29.9 Å². The van der Waals surface area contributed by atoms with Gasteiger partial charge in [-0.2, -0.15) is 0 Å². The molecule has 1 heterocycles. The number of amides is 1. The molecule has 1 aromatic heterocycles. The lowest BCUT2D eigenvalue weighted by molar-refractivity contribution is -0.125. The number of thiazole rings is 1. The van der Waals surface area contributed by atoms with Crippen LogP contribution in [0.4, 0.5) is 0 Å². The van der Waals surface area contributed by atoms with Crippen molar-refractivity contribution >= 4 is 34.9 Å². The summed E-state index contributed by atoms with van der Waals surface area (Å²) in [6.07, 6.45) is 15.9. The first-order valence-corrected chi connectivity index (χ1v) is 11.4. The fraction of sp³-hybridized carbons (Fsp3) is 0.435. The minimum Gasteiger partial charge on any atom is -0.493 e. The second-order valence-electron chi connectivity index (χ2n) is 8.14. The summed E-state index contributed by atoms with van der Waals surface area (Å²) in [6, 6.07) is 0. The summed E-state index contributed by atoms with van der Waals surface area (Å²) in [5.74, 6) is 2.29. The number of aromatic nitrogens is 1. The van der Waals surface area contributed by atoms with E-state index in [9.17, 15) is 4.79 Å². The van der Waals surface area contributed by atoms with E-state index in [2.05, 4.69) is 16.0 Å². The van der Waals surface area contributed by atoms with Gasteiger partial charge in [0.2, 0.25) is 5.91 Å². The smallest absolute Gasteiger partial charge is 0.278 e. The van der Waals surface area contributed by atoms with Crippen molar-refractivity contribution in [3.05, 3.63) is 57.7 Å². The average Bonchev–Trinajstić information content (AvgIpc) is 3.63. The van der Waals surface area contributed by atoms with E-state index in [1.165, 1.54) is 24.2 Å². The van der Waals surface area contributed by atoms with Crippen LogP contribution in [0.3, 0.4) is 0 Å². The molecule has 0 atom stereocenters. The average molecular weight is 445 g/mol. The molecule has 4 rings (SSSR count). The summed E-state index contributed by atoms with van der Waals surface area (Å²) < 4.78 is 11.7. The Labute approximate surface area is 185 Å². The summed E-state index contributed by atoms with van der Waals surface area (Å²) in [5, 5.41) is 4.12. The number of nitrogens with zero attached hydrogens (tertiary/aromatic N) is 1. The van der Waals surface area contributed by atoms with Crippen LogP contribution in [0.15, 0.2) is 52.8 Å². The fourth-order valence-electron chi connectivity index (χ4n) is 2.78. The molecular weight excluding hydrogens is 420 g/mol.